The van der Waals surface area contributed by atoms with Crippen molar-refractivity contribution in [3.05, 3.63) is 0 Å². The smallest absolute Gasteiger partial charge is 0.304 e. The van der Waals surface area contributed by atoms with Gasteiger partial charge in [0.1, 0.15) is 0 Å². The zero-order valence-electron chi connectivity index (χ0n) is 10.5. The minimum atomic E-state index is -0.704. The maximum atomic E-state index is 10.6. The second kappa shape index (κ2) is 7.69. The molecule has 0 radical (unpaired) electrons. The van der Waals surface area contributed by atoms with E-state index in [0.29, 0.717) is 0 Å². The molecule has 0 aromatic heterocycles. The Hall–Kier alpha value is -0.570. The van der Waals surface area contributed by atoms with Crippen LogP contribution in [0, 0.1) is 5.92 Å². The van der Waals surface area contributed by atoms with Gasteiger partial charge in [0.15, 0.2) is 0 Å². The van der Waals surface area contributed by atoms with Crippen LogP contribution in [-0.2, 0) is 4.79 Å². The van der Waals surface area contributed by atoms with E-state index in [1.807, 2.05) is 6.92 Å². The first kappa shape index (κ1) is 14.4. The molecule has 0 aliphatic carbocycles. The number of hydrogen-bond donors (Lipinski definition) is 1. The minimum Gasteiger partial charge on any atom is -0.481 e. The van der Waals surface area contributed by atoms with Crippen molar-refractivity contribution < 1.29 is 9.90 Å². The van der Waals surface area contributed by atoms with Crippen LogP contribution in [0.3, 0.4) is 0 Å². The van der Waals surface area contributed by atoms with Gasteiger partial charge in [0.2, 0.25) is 0 Å². The third-order valence-corrected chi connectivity index (χ3v) is 2.73. The molecule has 0 aliphatic heterocycles. The summed E-state index contributed by atoms with van der Waals surface area (Å²) in [4.78, 5) is 12.8. The van der Waals surface area contributed by atoms with E-state index in [1.54, 1.807) is 0 Å². The third-order valence-electron chi connectivity index (χ3n) is 2.73. The predicted octanol–water partition coefficient (Wildman–Crippen LogP) is 2.61. The van der Waals surface area contributed by atoms with Crippen LogP contribution >= 0.6 is 0 Å². The summed E-state index contributed by atoms with van der Waals surface area (Å²) in [5.41, 5.74) is 0. The summed E-state index contributed by atoms with van der Waals surface area (Å²) in [6, 6.07) is 0.152. The van der Waals surface area contributed by atoms with E-state index in [-0.39, 0.29) is 12.5 Å². The van der Waals surface area contributed by atoms with Gasteiger partial charge in [-0.15, -0.1) is 0 Å². The van der Waals surface area contributed by atoms with E-state index in [2.05, 4.69) is 25.7 Å². The molecule has 0 aliphatic rings. The standard InChI is InChI=1S/C12H25NO2/c1-5-13(8-6-7-10(2)3)11(4)9-12(14)15/h10-11H,5-9H2,1-4H3,(H,14,15). The van der Waals surface area contributed by atoms with Gasteiger partial charge in [0.25, 0.3) is 0 Å². The summed E-state index contributed by atoms with van der Waals surface area (Å²) in [6.07, 6.45) is 2.63. The highest BCUT2D eigenvalue weighted by Crippen LogP contribution is 2.09. The Labute approximate surface area is 93.5 Å². The molecule has 0 rings (SSSR count). The summed E-state index contributed by atoms with van der Waals surface area (Å²) >= 11 is 0. The molecule has 0 fully saturated rings. The van der Waals surface area contributed by atoms with Crippen molar-refractivity contribution in [1.29, 1.82) is 0 Å². The molecule has 0 heterocycles. The molecule has 0 aromatic carbocycles. The van der Waals surface area contributed by atoms with Crippen LogP contribution in [0.1, 0.15) is 47.0 Å². The van der Waals surface area contributed by atoms with Gasteiger partial charge < -0.3 is 10.0 Å². The highest BCUT2D eigenvalue weighted by Gasteiger charge is 2.14. The van der Waals surface area contributed by atoms with Crippen LogP contribution < -0.4 is 0 Å². The summed E-state index contributed by atoms with van der Waals surface area (Å²) in [5.74, 6) is 0.0308. The van der Waals surface area contributed by atoms with Crippen molar-refractivity contribution in [1.82, 2.24) is 4.90 Å². The molecule has 3 nitrogen and oxygen atoms in total. The molecule has 1 N–H and O–H groups in total. The van der Waals surface area contributed by atoms with Crippen molar-refractivity contribution in [2.24, 2.45) is 5.92 Å². The Bertz CT molecular complexity index is 180. The van der Waals surface area contributed by atoms with Gasteiger partial charge in [0, 0.05) is 6.04 Å². The first-order valence-corrected chi connectivity index (χ1v) is 5.93. The third kappa shape index (κ3) is 7.37. The SMILES string of the molecule is CCN(CCCC(C)C)C(C)CC(=O)O. The Morgan fingerprint density at radius 2 is 1.93 bits per heavy atom. The normalized spacial score (nSPS) is 13.5. The van der Waals surface area contributed by atoms with Gasteiger partial charge in [-0.2, -0.15) is 0 Å². The van der Waals surface area contributed by atoms with Gasteiger partial charge in [-0.1, -0.05) is 20.8 Å². The fourth-order valence-corrected chi connectivity index (χ4v) is 1.77. The van der Waals surface area contributed by atoms with Gasteiger partial charge >= 0.3 is 5.97 Å². The van der Waals surface area contributed by atoms with Crippen LogP contribution in [0.4, 0.5) is 0 Å². The number of carboxylic acids is 1. The maximum absolute atomic E-state index is 10.6. The second-order valence-electron chi connectivity index (χ2n) is 4.61. The molecule has 0 amide bonds. The largest absolute Gasteiger partial charge is 0.481 e. The van der Waals surface area contributed by atoms with Crippen molar-refractivity contribution in [2.75, 3.05) is 13.1 Å². The van der Waals surface area contributed by atoms with Crippen LogP contribution in [0.25, 0.3) is 0 Å². The second-order valence-corrected chi connectivity index (χ2v) is 4.61. The summed E-state index contributed by atoms with van der Waals surface area (Å²) in [7, 11) is 0. The molecule has 0 saturated carbocycles. The number of hydrogen-bond acceptors (Lipinski definition) is 2. The molecule has 0 spiro atoms. The molecule has 1 unspecified atom stereocenters. The van der Waals surface area contributed by atoms with E-state index in [9.17, 15) is 4.79 Å². The first-order chi connectivity index (χ1) is 6.97. The molecule has 0 aromatic rings. The molecule has 15 heavy (non-hydrogen) atoms. The lowest BCUT2D eigenvalue weighted by Gasteiger charge is -2.26. The summed E-state index contributed by atoms with van der Waals surface area (Å²) < 4.78 is 0. The van der Waals surface area contributed by atoms with Crippen molar-refractivity contribution in [3.63, 3.8) is 0 Å². The maximum Gasteiger partial charge on any atom is 0.304 e. The summed E-state index contributed by atoms with van der Waals surface area (Å²) in [6.45, 7) is 10.5. The first-order valence-electron chi connectivity index (χ1n) is 5.93. The average Bonchev–Trinajstić information content (AvgIpc) is 2.10. The van der Waals surface area contributed by atoms with Gasteiger partial charge in [0.05, 0.1) is 6.42 Å². The fourth-order valence-electron chi connectivity index (χ4n) is 1.77. The van der Waals surface area contributed by atoms with E-state index in [4.69, 9.17) is 5.11 Å². The lowest BCUT2D eigenvalue weighted by molar-refractivity contribution is -0.138. The highest BCUT2D eigenvalue weighted by molar-refractivity contribution is 5.67. The van der Waals surface area contributed by atoms with E-state index in [1.165, 1.54) is 6.42 Å². The minimum absolute atomic E-state index is 0.152. The Morgan fingerprint density at radius 1 is 1.33 bits per heavy atom. The lowest BCUT2D eigenvalue weighted by Crippen LogP contribution is -2.35. The number of nitrogens with zero attached hydrogens (tertiary/aromatic N) is 1. The zero-order chi connectivity index (χ0) is 11.8. The van der Waals surface area contributed by atoms with E-state index < -0.39 is 5.97 Å². The molecule has 90 valence electrons. The zero-order valence-corrected chi connectivity index (χ0v) is 10.5. The molecular formula is C12H25NO2. The van der Waals surface area contributed by atoms with Crippen LogP contribution in [0.15, 0.2) is 0 Å². The monoisotopic (exact) mass is 215 g/mol. The summed E-state index contributed by atoms with van der Waals surface area (Å²) in [5, 5.41) is 8.72. The van der Waals surface area contributed by atoms with Crippen LogP contribution in [0.2, 0.25) is 0 Å². The Kier molecular flexibility index (Phi) is 7.39. The van der Waals surface area contributed by atoms with Crippen molar-refractivity contribution >= 4 is 5.97 Å². The molecule has 0 saturated heterocycles. The Balaban J connectivity index is 3.84. The Morgan fingerprint density at radius 3 is 2.33 bits per heavy atom. The molecule has 1 atom stereocenters. The number of aliphatic carboxylic acids is 1. The van der Waals surface area contributed by atoms with Crippen LogP contribution in [0.5, 0.6) is 0 Å². The lowest BCUT2D eigenvalue weighted by atomic mass is 10.1. The molecule has 3 heteroatoms. The predicted molar refractivity (Wildman–Crippen MR) is 63.0 cm³/mol. The van der Waals surface area contributed by atoms with Crippen molar-refractivity contribution in [3.8, 4) is 0 Å². The number of rotatable bonds is 8. The average molecular weight is 215 g/mol. The van der Waals surface area contributed by atoms with Gasteiger partial charge in [-0.3, -0.25) is 4.79 Å². The van der Waals surface area contributed by atoms with Gasteiger partial charge in [-0.25, -0.2) is 0 Å². The quantitative estimate of drug-likeness (QED) is 0.676. The number of carbonyl (C=O) groups is 1. The topological polar surface area (TPSA) is 40.5 Å². The fraction of sp³-hybridized carbons (Fsp3) is 0.917. The van der Waals surface area contributed by atoms with Crippen LogP contribution in [-0.4, -0.2) is 35.1 Å². The van der Waals surface area contributed by atoms with Crippen molar-refractivity contribution in [2.45, 2.75) is 53.0 Å². The van der Waals surface area contributed by atoms with E-state index in [0.717, 1.165) is 25.4 Å². The highest BCUT2D eigenvalue weighted by atomic mass is 16.4. The number of carboxylic acid groups (broad SMARTS) is 1. The van der Waals surface area contributed by atoms with Gasteiger partial charge in [-0.05, 0) is 38.8 Å². The van der Waals surface area contributed by atoms with E-state index >= 15 is 0 Å². The molecular weight excluding hydrogens is 190 g/mol. The molecule has 0 bridgehead atoms.